The fourth-order valence-electron chi connectivity index (χ4n) is 3.56. The van der Waals surface area contributed by atoms with Crippen LogP contribution in [0.5, 0.6) is 0 Å². The number of hydrogen-bond donors (Lipinski definition) is 1. The van der Waals surface area contributed by atoms with E-state index in [1.165, 1.54) is 0 Å². The van der Waals surface area contributed by atoms with Gasteiger partial charge in [0.05, 0.1) is 27.8 Å². The van der Waals surface area contributed by atoms with Gasteiger partial charge in [-0.3, -0.25) is 4.79 Å². The first-order valence-electron chi connectivity index (χ1n) is 10.7. The summed E-state index contributed by atoms with van der Waals surface area (Å²) in [4.78, 5) is 22.4. The SMILES string of the molecule is Cc1csc(CCCCNC(=O)c2cc(-c3ccccc3)nc3c2cnn3C(C)C)n1. The molecule has 3 heterocycles. The molecule has 0 unspecified atom stereocenters. The molecule has 0 saturated heterocycles. The van der Waals surface area contributed by atoms with Crippen molar-refractivity contribution in [3.8, 4) is 11.3 Å². The molecule has 4 rings (SSSR count). The minimum absolute atomic E-state index is 0.0852. The summed E-state index contributed by atoms with van der Waals surface area (Å²) in [5.74, 6) is -0.0852. The first-order chi connectivity index (χ1) is 15.0. The summed E-state index contributed by atoms with van der Waals surface area (Å²) in [7, 11) is 0. The van der Waals surface area contributed by atoms with E-state index in [0.717, 1.165) is 52.3 Å². The molecule has 0 aliphatic rings. The van der Waals surface area contributed by atoms with Gasteiger partial charge in [-0.05, 0) is 46.1 Å². The summed E-state index contributed by atoms with van der Waals surface area (Å²) >= 11 is 1.70. The molecular formula is C24H27N5OS. The maximum atomic E-state index is 13.1. The van der Waals surface area contributed by atoms with Crippen molar-refractivity contribution in [3.63, 3.8) is 0 Å². The molecule has 0 aliphatic heterocycles. The van der Waals surface area contributed by atoms with Crippen LogP contribution in [0, 0.1) is 6.92 Å². The van der Waals surface area contributed by atoms with Gasteiger partial charge in [0.15, 0.2) is 5.65 Å². The summed E-state index contributed by atoms with van der Waals surface area (Å²) in [6.45, 7) is 6.77. The Morgan fingerprint density at radius 3 is 2.68 bits per heavy atom. The third-order valence-electron chi connectivity index (χ3n) is 5.14. The van der Waals surface area contributed by atoms with E-state index < -0.39 is 0 Å². The van der Waals surface area contributed by atoms with E-state index in [9.17, 15) is 4.79 Å². The molecule has 1 N–H and O–H groups in total. The summed E-state index contributed by atoms with van der Waals surface area (Å²) in [6, 6.07) is 12.0. The average Bonchev–Trinajstić information content (AvgIpc) is 3.39. The number of rotatable bonds is 8. The first kappa shape index (κ1) is 21.2. The van der Waals surface area contributed by atoms with Gasteiger partial charge in [0.1, 0.15) is 0 Å². The van der Waals surface area contributed by atoms with Crippen molar-refractivity contribution in [1.29, 1.82) is 0 Å². The largest absolute Gasteiger partial charge is 0.352 e. The van der Waals surface area contributed by atoms with Gasteiger partial charge in [-0.1, -0.05) is 30.3 Å². The minimum Gasteiger partial charge on any atom is -0.352 e. The number of fused-ring (bicyclic) bond motifs is 1. The van der Waals surface area contributed by atoms with Crippen molar-refractivity contribution in [1.82, 2.24) is 25.1 Å². The number of unbranched alkanes of at least 4 members (excludes halogenated alkanes) is 1. The quantitative estimate of drug-likeness (QED) is 0.388. The minimum atomic E-state index is -0.0852. The second-order valence-electron chi connectivity index (χ2n) is 7.94. The molecule has 3 aromatic heterocycles. The van der Waals surface area contributed by atoms with Gasteiger partial charge >= 0.3 is 0 Å². The molecule has 31 heavy (non-hydrogen) atoms. The highest BCUT2D eigenvalue weighted by Crippen LogP contribution is 2.26. The van der Waals surface area contributed by atoms with Crippen LogP contribution in [-0.2, 0) is 6.42 Å². The molecule has 1 amide bonds. The zero-order valence-corrected chi connectivity index (χ0v) is 18.9. The lowest BCUT2D eigenvalue weighted by atomic mass is 10.1. The molecule has 7 heteroatoms. The second kappa shape index (κ2) is 9.39. The number of pyridine rings is 1. The van der Waals surface area contributed by atoms with E-state index in [2.05, 4.69) is 34.6 Å². The van der Waals surface area contributed by atoms with E-state index in [4.69, 9.17) is 4.98 Å². The fourth-order valence-corrected chi connectivity index (χ4v) is 4.37. The Kier molecular flexibility index (Phi) is 6.42. The average molecular weight is 434 g/mol. The maximum Gasteiger partial charge on any atom is 0.252 e. The van der Waals surface area contributed by atoms with Crippen LogP contribution in [0.1, 0.15) is 53.8 Å². The van der Waals surface area contributed by atoms with E-state index in [1.807, 2.05) is 48.0 Å². The number of benzene rings is 1. The van der Waals surface area contributed by atoms with Crippen molar-refractivity contribution in [2.24, 2.45) is 0 Å². The van der Waals surface area contributed by atoms with Gasteiger partial charge in [0.25, 0.3) is 5.91 Å². The lowest BCUT2D eigenvalue weighted by molar-refractivity contribution is 0.0954. The molecule has 0 atom stereocenters. The van der Waals surface area contributed by atoms with Gasteiger partial charge in [-0.15, -0.1) is 11.3 Å². The van der Waals surface area contributed by atoms with Crippen LogP contribution in [0.4, 0.5) is 0 Å². The van der Waals surface area contributed by atoms with Crippen molar-refractivity contribution >= 4 is 28.3 Å². The van der Waals surface area contributed by atoms with Crippen LogP contribution in [0.3, 0.4) is 0 Å². The number of aromatic nitrogens is 4. The first-order valence-corrected chi connectivity index (χ1v) is 11.5. The Bertz CT molecular complexity index is 1180. The van der Waals surface area contributed by atoms with Crippen molar-refractivity contribution < 1.29 is 4.79 Å². The predicted molar refractivity (Wildman–Crippen MR) is 125 cm³/mol. The van der Waals surface area contributed by atoms with Gasteiger partial charge in [0.2, 0.25) is 0 Å². The second-order valence-corrected chi connectivity index (χ2v) is 8.88. The molecule has 160 valence electrons. The van der Waals surface area contributed by atoms with Gasteiger partial charge in [0, 0.05) is 29.2 Å². The smallest absolute Gasteiger partial charge is 0.252 e. The van der Waals surface area contributed by atoms with Crippen molar-refractivity contribution in [3.05, 3.63) is 64.2 Å². The third-order valence-corrected chi connectivity index (χ3v) is 6.17. The fraction of sp³-hybridized carbons (Fsp3) is 0.333. The Labute approximate surface area is 186 Å². The molecule has 0 saturated carbocycles. The predicted octanol–water partition coefficient (Wildman–Crippen LogP) is 5.20. The Balaban J connectivity index is 1.52. The molecular weight excluding hydrogens is 406 g/mol. The van der Waals surface area contributed by atoms with Crippen LogP contribution >= 0.6 is 11.3 Å². The molecule has 0 radical (unpaired) electrons. The molecule has 0 aliphatic carbocycles. The lowest BCUT2D eigenvalue weighted by Crippen LogP contribution is -2.25. The molecule has 1 aromatic carbocycles. The summed E-state index contributed by atoms with van der Waals surface area (Å²) in [5, 5.41) is 11.6. The number of nitrogens with one attached hydrogen (secondary N) is 1. The summed E-state index contributed by atoms with van der Waals surface area (Å²) in [6.07, 6.45) is 4.61. The van der Waals surface area contributed by atoms with Crippen molar-refractivity contribution in [2.75, 3.05) is 6.54 Å². The van der Waals surface area contributed by atoms with E-state index >= 15 is 0 Å². The van der Waals surface area contributed by atoms with E-state index in [0.29, 0.717) is 12.1 Å². The lowest BCUT2D eigenvalue weighted by Gasteiger charge is -2.11. The van der Waals surface area contributed by atoms with Crippen LogP contribution in [0.25, 0.3) is 22.3 Å². The van der Waals surface area contributed by atoms with Gasteiger partial charge < -0.3 is 5.32 Å². The number of amides is 1. The monoisotopic (exact) mass is 433 g/mol. The van der Waals surface area contributed by atoms with Crippen LogP contribution in [-0.4, -0.2) is 32.2 Å². The zero-order chi connectivity index (χ0) is 21.8. The highest BCUT2D eigenvalue weighted by molar-refractivity contribution is 7.09. The van der Waals surface area contributed by atoms with E-state index in [1.54, 1.807) is 17.5 Å². The molecule has 6 nitrogen and oxygen atoms in total. The molecule has 0 bridgehead atoms. The molecule has 4 aromatic rings. The normalized spacial score (nSPS) is 11.4. The van der Waals surface area contributed by atoms with Crippen molar-refractivity contribution in [2.45, 2.75) is 46.1 Å². The summed E-state index contributed by atoms with van der Waals surface area (Å²) < 4.78 is 1.87. The number of carbonyl (C=O) groups is 1. The third kappa shape index (κ3) is 4.82. The number of aryl methyl sites for hydroxylation is 2. The van der Waals surface area contributed by atoms with Gasteiger partial charge in [-0.2, -0.15) is 5.10 Å². The highest BCUT2D eigenvalue weighted by Gasteiger charge is 2.18. The standard InChI is InChI=1S/C24H27N5OS/c1-16(2)29-23-20(14-26-29)19(13-21(28-23)18-9-5-4-6-10-18)24(30)25-12-8-7-11-22-27-17(3)15-31-22/h4-6,9-10,13-16H,7-8,11-12H2,1-3H3,(H,25,30). The highest BCUT2D eigenvalue weighted by atomic mass is 32.1. The molecule has 0 spiro atoms. The number of nitrogens with zero attached hydrogens (tertiary/aromatic N) is 4. The van der Waals surface area contributed by atoms with Crippen LogP contribution in [0.15, 0.2) is 48.0 Å². The van der Waals surface area contributed by atoms with Gasteiger partial charge in [-0.25, -0.2) is 14.6 Å². The number of thiazole rings is 1. The maximum absolute atomic E-state index is 13.1. The topological polar surface area (TPSA) is 72.7 Å². The van der Waals surface area contributed by atoms with Crippen LogP contribution in [0.2, 0.25) is 0 Å². The molecule has 0 fully saturated rings. The Morgan fingerprint density at radius 2 is 1.97 bits per heavy atom. The summed E-state index contributed by atoms with van der Waals surface area (Å²) in [5.41, 5.74) is 4.19. The van der Waals surface area contributed by atoms with E-state index in [-0.39, 0.29) is 11.9 Å². The zero-order valence-electron chi connectivity index (χ0n) is 18.1. The Morgan fingerprint density at radius 1 is 1.16 bits per heavy atom. The Hall–Kier alpha value is -3.06. The number of hydrogen-bond acceptors (Lipinski definition) is 5. The van der Waals surface area contributed by atoms with Crippen LogP contribution < -0.4 is 5.32 Å². The number of carbonyl (C=O) groups excluding carboxylic acids is 1.